The Morgan fingerprint density at radius 2 is 1.82 bits per heavy atom. The van der Waals surface area contributed by atoms with Gasteiger partial charge in [0.25, 0.3) is 5.91 Å². The van der Waals surface area contributed by atoms with Gasteiger partial charge in [-0.15, -0.1) is 0 Å². The number of hydrogen-bond acceptors (Lipinski definition) is 3. The predicted molar refractivity (Wildman–Crippen MR) is 106 cm³/mol. The van der Waals surface area contributed by atoms with Crippen molar-refractivity contribution in [2.24, 2.45) is 0 Å². The molecule has 0 atom stereocenters. The van der Waals surface area contributed by atoms with Gasteiger partial charge in [-0.25, -0.2) is 4.39 Å². The molecule has 3 aromatic rings. The van der Waals surface area contributed by atoms with Gasteiger partial charge in [-0.05, 0) is 68.3 Å². The van der Waals surface area contributed by atoms with Crippen LogP contribution in [0.5, 0.6) is 5.75 Å². The average Bonchev–Trinajstić information content (AvgIpc) is 3.02. The van der Waals surface area contributed by atoms with Gasteiger partial charge in [0.05, 0.1) is 5.69 Å². The van der Waals surface area contributed by atoms with E-state index in [2.05, 4.69) is 10.4 Å². The summed E-state index contributed by atoms with van der Waals surface area (Å²) in [5, 5.41) is 7.34. The van der Waals surface area contributed by atoms with Crippen LogP contribution in [0.25, 0.3) is 0 Å². The van der Waals surface area contributed by atoms with Gasteiger partial charge in [-0.2, -0.15) is 5.10 Å². The minimum Gasteiger partial charge on any atom is -0.489 e. The number of benzene rings is 2. The lowest BCUT2D eigenvalue weighted by atomic mass is 10.1. The van der Waals surface area contributed by atoms with Crippen LogP contribution in [0.15, 0.2) is 54.6 Å². The van der Waals surface area contributed by atoms with Crippen LogP contribution in [0.4, 0.5) is 4.39 Å². The van der Waals surface area contributed by atoms with Gasteiger partial charge in [-0.3, -0.25) is 9.48 Å². The normalized spacial score (nSPS) is 10.7. The van der Waals surface area contributed by atoms with Crippen LogP contribution in [0.3, 0.4) is 0 Å². The Balaban J connectivity index is 1.42. The number of ether oxygens (including phenoxy) is 1. The molecule has 1 heterocycles. The van der Waals surface area contributed by atoms with Crippen molar-refractivity contribution in [2.75, 3.05) is 6.54 Å². The first-order valence-electron chi connectivity index (χ1n) is 9.28. The molecule has 6 heteroatoms. The van der Waals surface area contributed by atoms with Crippen LogP contribution < -0.4 is 10.1 Å². The van der Waals surface area contributed by atoms with E-state index in [9.17, 15) is 9.18 Å². The number of rotatable bonds is 8. The van der Waals surface area contributed by atoms with Crippen molar-refractivity contribution in [1.82, 2.24) is 15.1 Å². The third kappa shape index (κ3) is 5.42. The second kappa shape index (κ2) is 9.17. The summed E-state index contributed by atoms with van der Waals surface area (Å²) in [6.45, 7) is 5.72. The highest BCUT2D eigenvalue weighted by Gasteiger charge is 2.06. The van der Waals surface area contributed by atoms with Crippen LogP contribution in [-0.2, 0) is 13.2 Å². The molecule has 0 aliphatic carbocycles. The van der Waals surface area contributed by atoms with E-state index in [-0.39, 0.29) is 11.7 Å². The Labute approximate surface area is 164 Å². The van der Waals surface area contributed by atoms with Crippen molar-refractivity contribution in [3.63, 3.8) is 0 Å². The first kappa shape index (κ1) is 19.6. The van der Waals surface area contributed by atoms with E-state index in [0.717, 1.165) is 29.9 Å². The molecule has 0 fully saturated rings. The highest BCUT2D eigenvalue weighted by Crippen LogP contribution is 2.14. The number of carbonyl (C=O) groups excluding carboxylic acids is 1. The molecule has 0 radical (unpaired) electrons. The van der Waals surface area contributed by atoms with E-state index < -0.39 is 0 Å². The summed E-state index contributed by atoms with van der Waals surface area (Å²) in [6, 6.07) is 15.2. The van der Waals surface area contributed by atoms with E-state index in [4.69, 9.17) is 4.74 Å². The molecule has 146 valence electrons. The molecule has 1 amide bonds. The van der Waals surface area contributed by atoms with E-state index in [1.165, 1.54) is 12.1 Å². The molecule has 2 aromatic carbocycles. The van der Waals surface area contributed by atoms with Crippen molar-refractivity contribution < 1.29 is 13.9 Å². The zero-order valence-electron chi connectivity index (χ0n) is 16.1. The molecule has 1 N–H and O–H groups in total. The predicted octanol–water partition coefficient (Wildman–Crippen LogP) is 4.04. The Hall–Kier alpha value is -3.15. The maximum atomic E-state index is 12.9. The SMILES string of the molecule is Cc1cc(C)n(CCCNC(=O)c2ccc(COc3ccc(F)cc3)cc2)n1. The molecule has 3 rings (SSSR count). The number of carbonyl (C=O) groups is 1. The Morgan fingerprint density at radius 3 is 2.46 bits per heavy atom. The number of amides is 1. The molecule has 0 aliphatic heterocycles. The van der Waals surface area contributed by atoms with Crippen molar-refractivity contribution in [3.05, 3.63) is 82.9 Å². The van der Waals surface area contributed by atoms with Crippen LogP contribution in [0.1, 0.15) is 33.7 Å². The van der Waals surface area contributed by atoms with Gasteiger partial charge < -0.3 is 10.1 Å². The number of nitrogens with zero attached hydrogens (tertiary/aromatic N) is 2. The van der Waals surface area contributed by atoms with Gasteiger partial charge in [-0.1, -0.05) is 12.1 Å². The Bertz CT molecular complexity index is 918. The number of halogens is 1. The molecule has 1 aromatic heterocycles. The number of aryl methyl sites for hydroxylation is 3. The first-order chi connectivity index (χ1) is 13.5. The van der Waals surface area contributed by atoms with Crippen molar-refractivity contribution in [2.45, 2.75) is 33.4 Å². The molecule has 0 saturated carbocycles. The second-order valence-corrected chi connectivity index (χ2v) is 6.70. The molecule has 0 spiro atoms. The van der Waals surface area contributed by atoms with Crippen molar-refractivity contribution in [3.8, 4) is 5.75 Å². The van der Waals surface area contributed by atoms with Crippen molar-refractivity contribution >= 4 is 5.91 Å². The lowest BCUT2D eigenvalue weighted by Crippen LogP contribution is -2.25. The number of aromatic nitrogens is 2. The third-order valence-corrected chi connectivity index (χ3v) is 4.37. The Morgan fingerprint density at radius 1 is 1.11 bits per heavy atom. The van der Waals surface area contributed by atoms with Crippen LogP contribution in [0, 0.1) is 19.7 Å². The van der Waals surface area contributed by atoms with Crippen molar-refractivity contribution in [1.29, 1.82) is 0 Å². The number of hydrogen-bond donors (Lipinski definition) is 1. The van der Waals surface area contributed by atoms with Gasteiger partial charge in [0.1, 0.15) is 18.2 Å². The van der Waals surface area contributed by atoms with Gasteiger partial charge in [0, 0.05) is 24.3 Å². The fourth-order valence-electron chi connectivity index (χ4n) is 2.88. The summed E-state index contributed by atoms with van der Waals surface area (Å²) in [4.78, 5) is 12.2. The molecule has 0 aliphatic rings. The summed E-state index contributed by atoms with van der Waals surface area (Å²) >= 11 is 0. The second-order valence-electron chi connectivity index (χ2n) is 6.70. The average molecular weight is 381 g/mol. The minimum atomic E-state index is -0.294. The lowest BCUT2D eigenvalue weighted by Gasteiger charge is -2.08. The van der Waals surface area contributed by atoms with E-state index >= 15 is 0 Å². The third-order valence-electron chi connectivity index (χ3n) is 4.37. The van der Waals surface area contributed by atoms with Gasteiger partial charge in [0.2, 0.25) is 0 Å². The van der Waals surface area contributed by atoms with E-state index in [0.29, 0.717) is 24.5 Å². The summed E-state index contributed by atoms with van der Waals surface area (Å²) in [6.07, 6.45) is 0.817. The summed E-state index contributed by atoms with van der Waals surface area (Å²) < 4.78 is 20.4. The van der Waals surface area contributed by atoms with E-state index in [1.54, 1.807) is 24.3 Å². The smallest absolute Gasteiger partial charge is 0.251 e. The zero-order valence-corrected chi connectivity index (χ0v) is 16.1. The maximum absolute atomic E-state index is 12.9. The lowest BCUT2D eigenvalue weighted by molar-refractivity contribution is 0.0952. The minimum absolute atomic E-state index is 0.0978. The summed E-state index contributed by atoms with van der Waals surface area (Å²) in [5.41, 5.74) is 3.68. The topological polar surface area (TPSA) is 56.2 Å². The highest BCUT2D eigenvalue weighted by molar-refractivity contribution is 5.94. The molecule has 0 saturated heterocycles. The molecule has 5 nitrogen and oxygen atoms in total. The number of nitrogens with one attached hydrogen (secondary N) is 1. The largest absolute Gasteiger partial charge is 0.489 e. The zero-order chi connectivity index (χ0) is 19.9. The fraction of sp³-hybridized carbons (Fsp3) is 0.273. The molecule has 28 heavy (non-hydrogen) atoms. The molecular formula is C22H24FN3O2. The monoisotopic (exact) mass is 381 g/mol. The van der Waals surface area contributed by atoms with Crippen LogP contribution >= 0.6 is 0 Å². The molecule has 0 unspecified atom stereocenters. The quantitative estimate of drug-likeness (QED) is 0.599. The van der Waals surface area contributed by atoms with Crippen LogP contribution in [-0.4, -0.2) is 22.2 Å². The Kier molecular flexibility index (Phi) is 6.42. The van der Waals surface area contributed by atoms with E-state index in [1.807, 2.05) is 36.7 Å². The van der Waals surface area contributed by atoms with Gasteiger partial charge in [0.15, 0.2) is 0 Å². The standard InChI is InChI=1S/C22H24FN3O2/c1-16-14-17(2)26(25-16)13-3-12-24-22(27)19-6-4-18(5-7-19)15-28-21-10-8-20(23)9-11-21/h4-11,14H,3,12-13,15H2,1-2H3,(H,24,27). The summed E-state index contributed by atoms with van der Waals surface area (Å²) in [5.74, 6) is 0.211. The maximum Gasteiger partial charge on any atom is 0.251 e. The van der Waals surface area contributed by atoms with Gasteiger partial charge >= 0.3 is 0 Å². The molecular weight excluding hydrogens is 357 g/mol. The summed E-state index contributed by atoms with van der Waals surface area (Å²) in [7, 11) is 0. The first-order valence-corrected chi connectivity index (χ1v) is 9.28. The highest BCUT2D eigenvalue weighted by atomic mass is 19.1. The fourth-order valence-corrected chi connectivity index (χ4v) is 2.88. The molecule has 0 bridgehead atoms. The van der Waals surface area contributed by atoms with Crippen LogP contribution in [0.2, 0.25) is 0 Å².